The molecule has 0 aliphatic rings. The van der Waals surface area contributed by atoms with Gasteiger partial charge >= 0.3 is 0 Å². The van der Waals surface area contributed by atoms with E-state index >= 15 is 0 Å². The van der Waals surface area contributed by atoms with Crippen LogP contribution in [0.5, 0.6) is 0 Å². The van der Waals surface area contributed by atoms with Crippen LogP contribution in [-0.2, 0) is 4.79 Å². The van der Waals surface area contributed by atoms with Gasteiger partial charge in [-0.25, -0.2) is 0 Å². The smallest absolute Gasteiger partial charge is 0.143 e. The zero-order chi connectivity index (χ0) is 12.1. The molecule has 0 spiro atoms. The van der Waals surface area contributed by atoms with E-state index in [0.29, 0.717) is 0 Å². The Kier molecular flexibility index (Phi) is 3.51. The maximum absolute atomic E-state index is 10.8. The first-order valence-corrected chi connectivity index (χ1v) is 5.59. The lowest BCUT2D eigenvalue weighted by Crippen LogP contribution is -1.88. The highest BCUT2D eigenvalue weighted by atomic mass is 16.1. The summed E-state index contributed by atoms with van der Waals surface area (Å²) in [6, 6.07) is 18.1. The van der Waals surface area contributed by atoms with E-state index in [1.807, 2.05) is 42.5 Å². The van der Waals surface area contributed by atoms with Crippen LogP contribution in [0.15, 0.2) is 60.7 Å². The number of allylic oxidation sites excluding steroid dienone is 1. The average Bonchev–Trinajstić information content (AvgIpc) is 2.38. The highest BCUT2D eigenvalue weighted by Gasteiger charge is 2.03. The fraction of sp³-hybridized carbons (Fsp3) is 0.0625. The molecule has 0 radical (unpaired) electrons. The van der Waals surface area contributed by atoms with Crippen molar-refractivity contribution in [2.75, 3.05) is 0 Å². The molecule has 0 aliphatic heterocycles. The number of hydrogen-bond donors (Lipinski definition) is 0. The summed E-state index contributed by atoms with van der Waals surface area (Å²) in [5, 5.41) is 0. The van der Waals surface area contributed by atoms with E-state index in [1.54, 1.807) is 6.08 Å². The monoisotopic (exact) mass is 222 g/mol. The van der Waals surface area contributed by atoms with Gasteiger partial charge in [0.2, 0.25) is 0 Å². The van der Waals surface area contributed by atoms with Crippen molar-refractivity contribution in [2.24, 2.45) is 0 Å². The molecule has 0 N–H and O–H groups in total. The first kappa shape index (κ1) is 11.3. The third kappa shape index (κ3) is 2.70. The molecule has 17 heavy (non-hydrogen) atoms. The average molecular weight is 222 g/mol. The predicted molar refractivity (Wildman–Crippen MR) is 70.8 cm³/mol. The van der Waals surface area contributed by atoms with Gasteiger partial charge in [0.1, 0.15) is 6.29 Å². The van der Waals surface area contributed by atoms with Crippen molar-refractivity contribution < 1.29 is 4.79 Å². The minimum Gasteiger partial charge on any atom is -0.299 e. The summed E-state index contributed by atoms with van der Waals surface area (Å²) in [7, 11) is 0. The van der Waals surface area contributed by atoms with Gasteiger partial charge in [0.15, 0.2) is 0 Å². The van der Waals surface area contributed by atoms with Crippen LogP contribution in [0.25, 0.3) is 5.57 Å². The highest BCUT2D eigenvalue weighted by molar-refractivity contribution is 5.89. The molecule has 0 bridgehead atoms. The number of carbonyl (C=O) groups is 1. The van der Waals surface area contributed by atoms with E-state index in [9.17, 15) is 4.79 Å². The summed E-state index contributed by atoms with van der Waals surface area (Å²) in [5.41, 5.74) is 4.30. The molecule has 0 atom stereocenters. The van der Waals surface area contributed by atoms with E-state index in [2.05, 4.69) is 19.1 Å². The summed E-state index contributed by atoms with van der Waals surface area (Å²) in [5.74, 6) is 0. The van der Waals surface area contributed by atoms with Crippen LogP contribution in [0.1, 0.15) is 16.7 Å². The van der Waals surface area contributed by atoms with Gasteiger partial charge in [-0.2, -0.15) is 0 Å². The van der Waals surface area contributed by atoms with Crippen molar-refractivity contribution in [3.8, 4) is 0 Å². The lowest BCUT2D eigenvalue weighted by molar-refractivity contribution is -0.104. The molecular formula is C16H14O. The van der Waals surface area contributed by atoms with Crippen LogP contribution >= 0.6 is 0 Å². The van der Waals surface area contributed by atoms with Crippen LogP contribution in [0.4, 0.5) is 0 Å². The number of rotatable bonds is 3. The summed E-state index contributed by atoms with van der Waals surface area (Å²) < 4.78 is 0. The minimum atomic E-state index is 0.836. The molecule has 0 aromatic heterocycles. The van der Waals surface area contributed by atoms with Gasteiger partial charge in [-0.3, -0.25) is 4.79 Å². The molecule has 0 heterocycles. The minimum absolute atomic E-state index is 0.836. The third-order valence-corrected chi connectivity index (χ3v) is 2.68. The van der Waals surface area contributed by atoms with Crippen LogP contribution in [-0.4, -0.2) is 6.29 Å². The Labute approximate surface area is 101 Å². The Morgan fingerprint density at radius 3 is 2.06 bits per heavy atom. The van der Waals surface area contributed by atoms with E-state index in [4.69, 9.17) is 0 Å². The number of aldehydes is 1. The second kappa shape index (κ2) is 5.26. The zero-order valence-electron chi connectivity index (χ0n) is 9.76. The molecule has 1 heteroatoms. The summed E-state index contributed by atoms with van der Waals surface area (Å²) in [6.07, 6.45) is 2.45. The van der Waals surface area contributed by atoms with Gasteiger partial charge in [-0.05, 0) is 29.7 Å². The zero-order valence-corrected chi connectivity index (χ0v) is 9.76. The lowest BCUT2D eigenvalue weighted by Gasteiger charge is -2.07. The largest absolute Gasteiger partial charge is 0.299 e. The Morgan fingerprint density at radius 1 is 0.882 bits per heavy atom. The normalized spacial score (nSPS) is 11.2. The Bertz CT molecular complexity index is 521. The van der Waals surface area contributed by atoms with Crippen molar-refractivity contribution in [2.45, 2.75) is 6.92 Å². The van der Waals surface area contributed by atoms with Crippen molar-refractivity contribution in [3.05, 3.63) is 77.4 Å². The van der Waals surface area contributed by atoms with Crippen molar-refractivity contribution in [1.82, 2.24) is 0 Å². The maximum Gasteiger partial charge on any atom is 0.143 e. The van der Waals surface area contributed by atoms with Gasteiger partial charge in [0, 0.05) is 0 Å². The van der Waals surface area contributed by atoms with E-state index in [0.717, 1.165) is 23.0 Å². The summed E-state index contributed by atoms with van der Waals surface area (Å²) in [4.78, 5) is 10.8. The standard InChI is InChI=1S/C16H14O/c1-13-7-9-15(10-8-13)16(11-12-17)14-5-3-2-4-6-14/h2-12H,1H3/b16-11+. The molecule has 2 aromatic rings. The van der Waals surface area contributed by atoms with Gasteiger partial charge in [0.25, 0.3) is 0 Å². The van der Waals surface area contributed by atoms with Crippen molar-refractivity contribution >= 4 is 11.9 Å². The highest BCUT2D eigenvalue weighted by Crippen LogP contribution is 2.22. The fourth-order valence-electron chi connectivity index (χ4n) is 1.78. The molecule has 1 nitrogen and oxygen atoms in total. The van der Waals surface area contributed by atoms with Crippen LogP contribution in [0.3, 0.4) is 0 Å². The number of hydrogen-bond acceptors (Lipinski definition) is 1. The number of benzene rings is 2. The topological polar surface area (TPSA) is 17.1 Å². The van der Waals surface area contributed by atoms with Crippen LogP contribution in [0.2, 0.25) is 0 Å². The molecule has 0 saturated heterocycles. The van der Waals surface area contributed by atoms with Crippen molar-refractivity contribution in [3.63, 3.8) is 0 Å². The lowest BCUT2D eigenvalue weighted by atomic mass is 9.97. The second-order valence-corrected chi connectivity index (χ2v) is 3.95. The summed E-state index contributed by atoms with van der Waals surface area (Å²) in [6.45, 7) is 2.05. The Morgan fingerprint density at radius 2 is 1.47 bits per heavy atom. The van der Waals surface area contributed by atoms with Crippen LogP contribution < -0.4 is 0 Å². The van der Waals surface area contributed by atoms with Gasteiger partial charge in [-0.1, -0.05) is 60.2 Å². The van der Waals surface area contributed by atoms with E-state index < -0.39 is 0 Å². The van der Waals surface area contributed by atoms with Gasteiger partial charge in [-0.15, -0.1) is 0 Å². The molecule has 0 fully saturated rings. The molecule has 0 saturated carbocycles. The number of aryl methyl sites for hydroxylation is 1. The number of carbonyl (C=O) groups excluding carboxylic acids is 1. The second-order valence-electron chi connectivity index (χ2n) is 3.95. The molecule has 0 amide bonds. The van der Waals surface area contributed by atoms with Crippen LogP contribution in [0, 0.1) is 6.92 Å². The molecule has 84 valence electrons. The third-order valence-electron chi connectivity index (χ3n) is 2.68. The molecule has 0 unspecified atom stereocenters. The quantitative estimate of drug-likeness (QED) is 0.572. The molecule has 2 aromatic carbocycles. The SMILES string of the molecule is Cc1ccc(/C(=C/C=O)c2ccccc2)cc1. The molecule has 2 rings (SSSR count). The first-order valence-electron chi connectivity index (χ1n) is 5.59. The van der Waals surface area contributed by atoms with Gasteiger partial charge < -0.3 is 0 Å². The van der Waals surface area contributed by atoms with E-state index in [-0.39, 0.29) is 0 Å². The fourth-order valence-corrected chi connectivity index (χ4v) is 1.78. The maximum atomic E-state index is 10.8. The molecule has 0 aliphatic carbocycles. The summed E-state index contributed by atoms with van der Waals surface area (Å²) >= 11 is 0. The first-order chi connectivity index (χ1) is 8.31. The van der Waals surface area contributed by atoms with Gasteiger partial charge in [0.05, 0.1) is 0 Å². The van der Waals surface area contributed by atoms with E-state index in [1.165, 1.54) is 5.56 Å². The Balaban J connectivity index is 2.47. The molecular weight excluding hydrogens is 208 g/mol. The predicted octanol–water partition coefficient (Wildman–Crippen LogP) is 3.63. The Hall–Kier alpha value is -2.15. The van der Waals surface area contributed by atoms with Crippen molar-refractivity contribution in [1.29, 1.82) is 0 Å².